The van der Waals surface area contributed by atoms with E-state index in [4.69, 9.17) is 11.6 Å². The van der Waals surface area contributed by atoms with Gasteiger partial charge in [-0.3, -0.25) is 0 Å². The average molecular weight is 195 g/mol. The fourth-order valence-electron chi connectivity index (χ4n) is 2.16. The van der Waals surface area contributed by atoms with E-state index in [0.717, 1.165) is 6.42 Å². The van der Waals surface area contributed by atoms with Crippen molar-refractivity contribution < 1.29 is 0 Å². The summed E-state index contributed by atoms with van der Waals surface area (Å²) in [5, 5.41) is 0.226. The third kappa shape index (κ3) is 1.48. The van der Waals surface area contributed by atoms with Crippen molar-refractivity contribution in [2.45, 2.75) is 37.5 Å². The molecule has 1 aromatic rings. The van der Waals surface area contributed by atoms with E-state index in [1.165, 1.54) is 17.5 Å². The lowest BCUT2D eigenvalue weighted by atomic mass is 9.73. The van der Waals surface area contributed by atoms with Crippen LogP contribution >= 0.6 is 11.6 Å². The lowest BCUT2D eigenvalue weighted by Gasteiger charge is -2.34. The second-order valence-electron chi connectivity index (χ2n) is 4.48. The Morgan fingerprint density at radius 1 is 1.31 bits per heavy atom. The van der Waals surface area contributed by atoms with Crippen molar-refractivity contribution in [1.29, 1.82) is 0 Å². The largest absolute Gasteiger partial charge is 0.118 e. The predicted octanol–water partition coefficient (Wildman–Crippen LogP) is 4.04. The Labute approximate surface area is 84.9 Å². The Morgan fingerprint density at radius 2 is 2.00 bits per heavy atom. The number of rotatable bonds is 0. The van der Waals surface area contributed by atoms with Crippen molar-refractivity contribution in [2.24, 2.45) is 0 Å². The minimum absolute atomic E-state index is 0.226. The van der Waals surface area contributed by atoms with Gasteiger partial charge in [-0.05, 0) is 29.4 Å². The highest BCUT2D eigenvalue weighted by Crippen LogP contribution is 2.43. The zero-order valence-electron chi connectivity index (χ0n) is 8.18. The van der Waals surface area contributed by atoms with Crippen LogP contribution in [-0.4, -0.2) is 0 Å². The highest BCUT2D eigenvalue weighted by atomic mass is 35.5. The summed E-state index contributed by atoms with van der Waals surface area (Å²) in [4.78, 5) is 0. The minimum atomic E-state index is 0.226. The predicted molar refractivity (Wildman–Crippen MR) is 57.3 cm³/mol. The quantitative estimate of drug-likeness (QED) is 0.547. The van der Waals surface area contributed by atoms with Crippen molar-refractivity contribution in [3.8, 4) is 0 Å². The van der Waals surface area contributed by atoms with E-state index in [2.05, 4.69) is 38.1 Å². The fraction of sp³-hybridized carbons (Fsp3) is 0.500. The molecule has 0 amide bonds. The maximum Gasteiger partial charge on any atom is 0.0588 e. The first-order valence-electron chi connectivity index (χ1n) is 4.85. The standard InChI is InChI=1S/C12H15Cl/c1-12(2)8-7-11(13)9-5-3-4-6-10(9)12/h3-6,11H,7-8H2,1-2H3/t11-/m1/s1. The van der Waals surface area contributed by atoms with Gasteiger partial charge in [0.1, 0.15) is 0 Å². The van der Waals surface area contributed by atoms with E-state index in [9.17, 15) is 0 Å². The molecule has 0 aromatic heterocycles. The molecule has 0 heterocycles. The van der Waals surface area contributed by atoms with Crippen LogP contribution in [0.2, 0.25) is 0 Å². The van der Waals surface area contributed by atoms with Crippen LogP contribution in [0.4, 0.5) is 0 Å². The molecule has 0 unspecified atom stereocenters. The topological polar surface area (TPSA) is 0 Å². The summed E-state index contributed by atoms with van der Waals surface area (Å²) in [5.74, 6) is 0. The van der Waals surface area contributed by atoms with Crippen LogP contribution in [0.3, 0.4) is 0 Å². The van der Waals surface area contributed by atoms with Gasteiger partial charge in [-0.15, -0.1) is 11.6 Å². The smallest absolute Gasteiger partial charge is 0.0588 e. The van der Waals surface area contributed by atoms with Gasteiger partial charge in [-0.2, -0.15) is 0 Å². The van der Waals surface area contributed by atoms with Crippen LogP contribution in [0.1, 0.15) is 43.2 Å². The normalized spacial score (nSPS) is 25.3. The van der Waals surface area contributed by atoms with Crippen LogP contribution < -0.4 is 0 Å². The molecule has 2 rings (SSSR count). The van der Waals surface area contributed by atoms with Crippen LogP contribution in [-0.2, 0) is 5.41 Å². The summed E-state index contributed by atoms with van der Waals surface area (Å²) in [6.45, 7) is 4.60. The molecule has 1 atom stereocenters. The van der Waals surface area contributed by atoms with Gasteiger partial charge in [0.2, 0.25) is 0 Å². The molecule has 0 spiro atoms. The molecular formula is C12H15Cl. The summed E-state index contributed by atoms with van der Waals surface area (Å²) < 4.78 is 0. The summed E-state index contributed by atoms with van der Waals surface area (Å²) in [6, 6.07) is 8.56. The molecule has 0 fully saturated rings. The third-order valence-electron chi connectivity index (χ3n) is 3.05. The Morgan fingerprint density at radius 3 is 2.69 bits per heavy atom. The van der Waals surface area contributed by atoms with Crippen LogP contribution in [0.25, 0.3) is 0 Å². The number of alkyl halides is 1. The first-order valence-corrected chi connectivity index (χ1v) is 5.28. The second kappa shape index (κ2) is 3.02. The van der Waals surface area contributed by atoms with Crippen LogP contribution in [0.15, 0.2) is 24.3 Å². The molecule has 0 aliphatic heterocycles. The lowest BCUT2D eigenvalue weighted by molar-refractivity contribution is 0.426. The summed E-state index contributed by atoms with van der Waals surface area (Å²) in [5.41, 5.74) is 3.07. The number of fused-ring (bicyclic) bond motifs is 1. The van der Waals surface area contributed by atoms with E-state index in [0.29, 0.717) is 5.41 Å². The average Bonchev–Trinajstić information content (AvgIpc) is 2.13. The van der Waals surface area contributed by atoms with Gasteiger partial charge in [0, 0.05) is 0 Å². The SMILES string of the molecule is CC1(C)CC[C@@H](Cl)c2ccccc21. The number of hydrogen-bond donors (Lipinski definition) is 0. The first-order chi connectivity index (χ1) is 6.11. The minimum Gasteiger partial charge on any atom is -0.118 e. The van der Waals surface area contributed by atoms with E-state index in [-0.39, 0.29) is 5.38 Å². The van der Waals surface area contributed by atoms with Gasteiger partial charge in [-0.1, -0.05) is 38.1 Å². The van der Waals surface area contributed by atoms with Crippen LogP contribution in [0, 0.1) is 0 Å². The summed E-state index contributed by atoms with van der Waals surface area (Å²) in [6.07, 6.45) is 2.30. The van der Waals surface area contributed by atoms with Gasteiger partial charge < -0.3 is 0 Å². The van der Waals surface area contributed by atoms with Gasteiger partial charge in [0.15, 0.2) is 0 Å². The van der Waals surface area contributed by atoms with E-state index < -0.39 is 0 Å². The van der Waals surface area contributed by atoms with Gasteiger partial charge in [-0.25, -0.2) is 0 Å². The molecule has 1 heteroatoms. The number of halogens is 1. The number of hydrogen-bond acceptors (Lipinski definition) is 0. The molecule has 1 aromatic carbocycles. The highest BCUT2D eigenvalue weighted by Gasteiger charge is 2.30. The van der Waals surface area contributed by atoms with Gasteiger partial charge in [0.25, 0.3) is 0 Å². The molecule has 0 saturated heterocycles. The molecule has 13 heavy (non-hydrogen) atoms. The van der Waals surface area contributed by atoms with Crippen molar-refractivity contribution in [1.82, 2.24) is 0 Å². The first kappa shape index (κ1) is 9.08. The monoisotopic (exact) mass is 194 g/mol. The van der Waals surface area contributed by atoms with Crippen molar-refractivity contribution in [3.63, 3.8) is 0 Å². The third-order valence-corrected chi connectivity index (χ3v) is 3.50. The van der Waals surface area contributed by atoms with Gasteiger partial charge >= 0.3 is 0 Å². The maximum absolute atomic E-state index is 6.27. The van der Waals surface area contributed by atoms with Crippen molar-refractivity contribution >= 4 is 11.6 Å². The second-order valence-corrected chi connectivity index (χ2v) is 5.00. The van der Waals surface area contributed by atoms with Crippen LogP contribution in [0.5, 0.6) is 0 Å². The zero-order valence-corrected chi connectivity index (χ0v) is 8.93. The summed E-state index contributed by atoms with van der Waals surface area (Å²) in [7, 11) is 0. The fourth-order valence-corrected chi connectivity index (χ4v) is 2.46. The molecular weight excluding hydrogens is 180 g/mol. The molecule has 0 radical (unpaired) electrons. The number of benzene rings is 1. The Kier molecular flexibility index (Phi) is 2.11. The zero-order chi connectivity index (χ0) is 9.47. The van der Waals surface area contributed by atoms with Crippen molar-refractivity contribution in [2.75, 3.05) is 0 Å². The van der Waals surface area contributed by atoms with E-state index >= 15 is 0 Å². The molecule has 0 bridgehead atoms. The Bertz CT molecular complexity index is 315. The lowest BCUT2D eigenvalue weighted by Crippen LogP contribution is -2.24. The Balaban J connectivity index is 2.55. The highest BCUT2D eigenvalue weighted by molar-refractivity contribution is 6.21. The van der Waals surface area contributed by atoms with Crippen molar-refractivity contribution in [3.05, 3.63) is 35.4 Å². The maximum atomic E-state index is 6.27. The molecule has 1 aliphatic rings. The van der Waals surface area contributed by atoms with E-state index in [1.54, 1.807) is 0 Å². The summed E-state index contributed by atoms with van der Waals surface area (Å²) >= 11 is 6.27. The molecule has 70 valence electrons. The molecule has 0 nitrogen and oxygen atoms in total. The molecule has 0 N–H and O–H groups in total. The van der Waals surface area contributed by atoms with E-state index in [1.807, 2.05) is 0 Å². The molecule has 1 aliphatic carbocycles. The Hall–Kier alpha value is -0.490. The van der Waals surface area contributed by atoms with Gasteiger partial charge in [0.05, 0.1) is 5.38 Å². The molecule has 0 saturated carbocycles.